The molecule has 0 saturated heterocycles. The highest BCUT2D eigenvalue weighted by molar-refractivity contribution is 7.90. The molecule has 0 saturated carbocycles. The van der Waals surface area contributed by atoms with Crippen LogP contribution in [-0.2, 0) is 21.0 Å². The van der Waals surface area contributed by atoms with Crippen LogP contribution in [-0.4, -0.2) is 44.0 Å². The fourth-order valence-electron chi connectivity index (χ4n) is 4.13. The molecular weight excluding hydrogens is 504 g/mol. The summed E-state index contributed by atoms with van der Waals surface area (Å²) < 4.78 is 54.5. The minimum Gasteiger partial charge on any atom is -0.493 e. The number of methoxy groups -OCH3 is 5. The van der Waals surface area contributed by atoms with Gasteiger partial charge >= 0.3 is 0 Å². The second-order valence-electron chi connectivity index (χ2n) is 9.69. The van der Waals surface area contributed by atoms with Gasteiger partial charge in [0.25, 0.3) is 0 Å². The summed E-state index contributed by atoms with van der Waals surface area (Å²) in [6, 6.07) is 14.2. The van der Waals surface area contributed by atoms with Crippen molar-refractivity contribution in [3.63, 3.8) is 0 Å². The zero-order valence-corrected chi connectivity index (χ0v) is 24.1. The highest BCUT2D eigenvalue weighted by Crippen LogP contribution is 2.40. The van der Waals surface area contributed by atoms with Crippen LogP contribution in [0.15, 0.2) is 53.4 Å². The van der Waals surface area contributed by atoms with Crippen LogP contribution in [0.1, 0.15) is 43.0 Å². The van der Waals surface area contributed by atoms with Gasteiger partial charge in [-0.05, 0) is 52.4 Å². The van der Waals surface area contributed by atoms with E-state index in [1.165, 1.54) is 14.2 Å². The van der Waals surface area contributed by atoms with Crippen LogP contribution >= 0.6 is 0 Å². The molecule has 3 rings (SSSR count). The summed E-state index contributed by atoms with van der Waals surface area (Å²) in [4.78, 5) is 0.245. The average Bonchev–Trinajstić information content (AvgIpc) is 2.90. The number of hydrogen-bond acceptors (Lipinski definition) is 7. The Morgan fingerprint density at radius 2 is 1.24 bits per heavy atom. The molecule has 8 heteroatoms. The van der Waals surface area contributed by atoms with E-state index in [2.05, 4.69) is 20.8 Å². The van der Waals surface area contributed by atoms with Gasteiger partial charge in [-0.3, -0.25) is 0 Å². The largest absolute Gasteiger partial charge is 0.493 e. The summed E-state index contributed by atoms with van der Waals surface area (Å²) in [6.45, 7) is 6.26. The Kier molecular flexibility index (Phi) is 8.99. The highest BCUT2D eigenvalue weighted by atomic mass is 32.2. The smallest absolute Gasteiger partial charge is 0.203 e. The van der Waals surface area contributed by atoms with E-state index >= 15 is 0 Å². The van der Waals surface area contributed by atoms with E-state index < -0.39 is 9.84 Å². The van der Waals surface area contributed by atoms with E-state index in [0.29, 0.717) is 39.9 Å². The zero-order chi connectivity index (χ0) is 28.1. The van der Waals surface area contributed by atoms with Crippen LogP contribution in [0.3, 0.4) is 0 Å². The molecule has 7 nitrogen and oxygen atoms in total. The molecule has 0 atom stereocenters. The van der Waals surface area contributed by atoms with E-state index in [0.717, 1.165) is 11.1 Å². The molecule has 0 fully saturated rings. The van der Waals surface area contributed by atoms with Crippen LogP contribution < -0.4 is 23.7 Å². The molecule has 0 aliphatic rings. The predicted octanol–water partition coefficient (Wildman–Crippen LogP) is 6.17. The third-order valence-corrected chi connectivity index (χ3v) is 7.90. The molecule has 0 spiro atoms. The van der Waals surface area contributed by atoms with Gasteiger partial charge in [0.15, 0.2) is 32.8 Å². The minimum absolute atomic E-state index is 0.0803. The number of rotatable bonds is 10. The van der Waals surface area contributed by atoms with Crippen molar-refractivity contribution in [1.82, 2.24) is 0 Å². The van der Waals surface area contributed by atoms with Crippen molar-refractivity contribution in [1.29, 1.82) is 0 Å². The van der Waals surface area contributed by atoms with Crippen LogP contribution in [0, 0.1) is 0 Å². The van der Waals surface area contributed by atoms with E-state index in [1.807, 2.05) is 42.5 Å². The second kappa shape index (κ2) is 11.8. The lowest BCUT2D eigenvalue weighted by molar-refractivity contribution is 0.324. The van der Waals surface area contributed by atoms with Gasteiger partial charge in [0.1, 0.15) is 0 Å². The standard InChI is InChI=1S/C30H36O7S/c1-30(2,3)22-12-14-23(15-13-22)38(31,32)19-24-21(11-16-25(33-4)28(24)36-7)10-9-20-17-26(34-5)29(37-8)27(18-20)35-6/h9-18H,19H2,1-8H3/b10-9-. The molecule has 0 heterocycles. The van der Waals surface area contributed by atoms with Crippen molar-refractivity contribution in [2.24, 2.45) is 0 Å². The Morgan fingerprint density at radius 3 is 1.71 bits per heavy atom. The van der Waals surface area contributed by atoms with Gasteiger partial charge in [0.05, 0.1) is 46.2 Å². The number of sulfone groups is 1. The van der Waals surface area contributed by atoms with Crippen molar-refractivity contribution in [3.05, 3.63) is 70.8 Å². The molecule has 0 bridgehead atoms. The summed E-state index contributed by atoms with van der Waals surface area (Å²) >= 11 is 0. The fourth-order valence-corrected chi connectivity index (χ4v) is 5.53. The second-order valence-corrected chi connectivity index (χ2v) is 11.7. The molecule has 0 aliphatic carbocycles. The summed E-state index contributed by atoms with van der Waals surface area (Å²) in [5.41, 5.74) is 2.93. The molecule has 0 amide bonds. The number of ether oxygens (including phenoxy) is 5. The zero-order valence-electron chi connectivity index (χ0n) is 23.2. The van der Waals surface area contributed by atoms with Crippen molar-refractivity contribution < 1.29 is 32.1 Å². The van der Waals surface area contributed by atoms with Gasteiger partial charge in [-0.15, -0.1) is 0 Å². The van der Waals surface area contributed by atoms with Gasteiger partial charge in [-0.25, -0.2) is 8.42 Å². The Labute approximate surface area is 225 Å². The molecule has 0 N–H and O–H groups in total. The lowest BCUT2D eigenvalue weighted by atomic mass is 9.87. The Bertz CT molecular complexity index is 1370. The van der Waals surface area contributed by atoms with Crippen molar-refractivity contribution >= 4 is 22.0 Å². The maximum Gasteiger partial charge on any atom is 0.203 e. The minimum atomic E-state index is -3.69. The quantitative estimate of drug-likeness (QED) is 0.285. The lowest BCUT2D eigenvalue weighted by Crippen LogP contribution is -2.12. The Hall–Kier alpha value is -3.65. The first-order valence-electron chi connectivity index (χ1n) is 12.0. The van der Waals surface area contributed by atoms with Crippen molar-refractivity contribution in [3.8, 4) is 28.7 Å². The average molecular weight is 541 g/mol. The maximum absolute atomic E-state index is 13.5. The fraction of sp³-hybridized carbons (Fsp3) is 0.333. The Balaban J connectivity index is 2.08. The van der Waals surface area contributed by atoms with Crippen LogP contribution in [0.4, 0.5) is 0 Å². The third-order valence-electron chi connectivity index (χ3n) is 6.24. The highest BCUT2D eigenvalue weighted by Gasteiger charge is 2.23. The normalized spacial score (nSPS) is 11.9. The number of benzene rings is 3. The summed E-state index contributed by atoms with van der Waals surface area (Å²) in [5, 5.41) is 0. The van der Waals surface area contributed by atoms with E-state index in [1.54, 1.807) is 39.5 Å². The molecule has 3 aromatic carbocycles. The SMILES string of the molecule is COc1cc(/C=C\c2ccc(OC)c(OC)c2CS(=O)(=O)c2ccc(C(C)(C)C)cc2)cc(OC)c1OC. The maximum atomic E-state index is 13.5. The van der Waals surface area contributed by atoms with Crippen LogP contribution in [0.2, 0.25) is 0 Å². The number of hydrogen-bond donors (Lipinski definition) is 0. The molecule has 0 unspecified atom stereocenters. The van der Waals surface area contributed by atoms with Crippen molar-refractivity contribution in [2.45, 2.75) is 36.8 Å². The van der Waals surface area contributed by atoms with Crippen molar-refractivity contribution in [2.75, 3.05) is 35.5 Å². The van der Waals surface area contributed by atoms with Gasteiger partial charge in [-0.2, -0.15) is 0 Å². The van der Waals surface area contributed by atoms with E-state index in [9.17, 15) is 8.42 Å². The molecule has 204 valence electrons. The van der Waals surface area contributed by atoms with Gasteiger partial charge < -0.3 is 23.7 Å². The summed E-state index contributed by atoms with van der Waals surface area (Å²) in [6.07, 6.45) is 3.68. The predicted molar refractivity (Wildman–Crippen MR) is 151 cm³/mol. The monoisotopic (exact) mass is 540 g/mol. The molecule has 38 heavy (non-hydrogen) atoms. The van der Waals surface area contributed by atoms with Gasteiger partial charge in [0.2, 0.25) is 5.75 Å². The molecular formula is C30H36O7S. The third kappa shape index (κ3) is 6.25. The van der Waals surface area contributed by atoms with E-state index in [4.69, 9.17) is 23.7 Å². The summed E-state index contributed by atoms with van der Waals surface area (Å²) in [7, 11) is 3.97. The van der Waals surface area contributed by atoms with Gasteiger partial charge in [-0.1, -0.05) is 51.1 Å². The Morgan fingerprint density at radius 1 is 0.684 bits per heavy atom. The van der Waals surface area contributed by atoms with Gasteiger partial charge in [0, 0.05) is 5.56 Å². The van der Waals surface area contributed by atoms with Crippen LogP contribution in [0.5, 0.6) is 28.7 Å². The lowest BCUT2D eigenvalue weighted by Gasteiger charge is -2.19. The first-order chi connectivity index (χ1) is 18.0. The molecule has 0 radical (unpaired) electrons. The first-order valence-corrected chi connectivity index (χ1v) is 13.7. The topological polar surface area (TPSA) is 80.3 Å². The molecule has 0 aromatic heterocycles. The van der Waals surface area contributed by atoms with Crippen LogP contribution in [0.25, 0.3) is 12.2 Å². The van der Waals surface area contributed by atoms with E-state index in [-0.39, 0.29) is 16.1 Å². The first kappa shape index (κ1) is 28.9. The molecule has 3 aromatic rings. The molecule has 0 aliphatic heterocycles. The summed E-state index contributed by atoms with van der Waals surface area (Å²) in [5.74, 6) is 2.07.